The highest BCUT2D eigenvalue weighted by molar-refractivity contribution is 5.79. The minimum Gasteiger partial charge on any atom is -0.481 e. The summed E-state index contributed by atoms with van der Waals surface area (Å²) in [5.74, 6) is -1.03. The number of alkyl halides is 3. The number of halogens is 3. The molecule has 0 unspecified atom stereocenters. The van der Waals surface area contributed by atoms with Gasteiger partial charge in [0.1, 0.15) is 5.75 Å². The monoisotopic (exact) mass is 615 g/mol. The fraction of sp³-hybridized carbons (Fsp3) is 0.455. The van der Waals surface area contributed by atoms with E-state index in [0.717, 1.165) is 29.5 Å². The van der Waals surface area contributed by atoms with Gasteiger partial charge in [0.15, 0.2) is 0 Å². The van der Waals surface area contributed by atoms with E-state index < -0.39 is 48.2 Å². The first kappa shape index (κ1) is 33.2. The Hall–Kier alpha value is -3.67. The van der Waals surface area contributed by atoms with Gasteiger partial charge in [-0.05, 0) is 72.9 Å². The molecule has 1 aromatic heterocycles. The summed E-state index contributed by atoms with van der Waals surface area (Å²) in [5.41, 5.74) is 9.59. The van der Waals surface area contributed by atoms with E-state index in [9.17, 15) is 28.2 Å². The molecule has 1 heterocycles. The van der Waals surface area contributed by atoms with Crippen molar-refractivity contribution in [3.8, 4) is 22.8 Å². The predicted octanol–water partition coefficient (Wildman–Crippen LogP) is 4.80. The molecular weight excluding hydrogens is 575 g/mol. The minimum absolute atomic E-state index is 0.0237. The number of pyridine rings is 1. The first-order valence-corrected chi connectivity index (χ1v) is 14.8. The summed E-state index contributed by atoms with van der Waals surface area (Å²) in [6, 6.07) is 15.6. The smallest absolute Gasteiger partial charge is 0.481 e. The Balaban J connectivity index is 1.45. The summed E-state index contributed by atoms with van der Waals surface area (Å²) >= 11 is 0. The Labute approximate surface area is 255 Å². The second-order valence-electron chi connectivity index (χ2n) is 11.6. The van der Waals surface area contributed by atoms with Crippen LogP contribution in [0, 0.1) is 11.8 Å². The molecular formula is C33H40F3N3O5. The van der Waals surface area contributed by atoms with Gasteiger partial charge in [0.25, 0.3) is 0 Å². The van der Waals surface area contributed by atoms with Gasteiger partial charge >= 0.3 is 6.36 Å². The van der Waals surface area contributed by atoms with E-state index in [1.807, 2.05) is 37.3 Å². The van der Waals surface area contributed by atoms with Crippen LogP contribution in [0.1, 0.15) is 43.7 Å². The molecule has 1 aliphatic rings. The second-order valence-corrected chi connectivity index (χ2v) is 11.6. The van der Waals surface area contributed by atoms with Crippen molar-refractivity contribution in [2.45, 2.75) is 76.1 Å². The van der Waals surface area contributed by atoms with Gasteiger partial charge in [-0.1, -0.05) is 49.7 Å². The maximum atomic E-state index is 13.6. The first-order chi connectivity index (χ1) is 20.9. The summed E-state index contributed by atoms with van der Waals surface area (Å²) in [6.45, 7) is 1.96. The van der Waals surface area contributed by atoms with E-state index in [2.05, 4.69) is 15.0 Å². The summed E-state index contributed by atoms with van der Waals surface area (Å²) < 4.78 is 47.6. The normalized spacial score (nSPS) is 20.8. The van der Waals surface area contributed by atoms with Crippen molar-refractivity contribution in [2.24, 2.45) is 17.6 Å². The number of nitrogens with zero attached hydrogens (tertiary/aromatic N) is 1. The number of carbonyl (C=O) groups is 1. The molecule has 1 aliphatic carbocycles. The molecule has 44 heavy (non-hydrogen) atoms. The highest BCUT2D eigenvalue weighted by Crippen LogP contribution is 2.28. The number of aliphatic hydroxyl groups excluding tert-OH is 2. The molecule has 0 radical (unpaired) electrons. The zero-order valence-corrected chi connectivity index (χ0v) is 24.8. The molecule has 0 bridgehead atoms. The predicted molar refractivity (Wildman–Crippen MR) is 160 cm³/mol. The number of hydrogen-bond donors (Lipinski definition) is 4. The van der Waals surface area contributed by atoms with Crippen LogP contribution in [0.25, 0.3) is 11.1 Å². The lowest BCUT2D eigenvalue weighted by Gasteiger charge is -2.35. The van der Waals surface area contributed by atoms with Crippen LogP contribution in [-0.4, -0.2) is 58.9 Å². The highest BCUT2D eigenvalue weighted by atomic mass is 19.4. The largest absolute Gasteiger partial charge is 0.573 e. The van der Waals surface area contributed by atoms with Gasteiger partial charge in [0.2, 0.25) is 11.8 Å². The lowest BCUT2D eigenvalue weighted by molar-refractivity contribution is -0.274. The molecule has 1 fully saturated rings. The SMILES string of the molecule is COc1ccc(-c2ccc(C[C@H](N)[C@@H](O)C[C@@H](Cc3cccc(OC(F)(F)F)c3)C(=O)N[C@H]3[C@H](C)CCC[C@H]3O)cc2)cn1. The third kappa shape index (κ3) is 9.41. The van der Waals surface area contributed by atoms with Gasteiger partial charge in [-0.25, -0.2) is 4.98 Å². The standard InChI is InChI=1S/C33H40F3N3O5/c1-20-5-3-8-28(40)31(20)39-32(42)25(15-22-6-4-7-26(16-22)44-33(34,35)36)18-29(41)27(37)17-21-9-11-23(12-10-21)24-13-14-30(43-2)38-19-24/h4,6-7,9-14,16,19-20,25,27-29,31,40-41H,3,5,8,15,17-18,37H2,1-2H3,(H,39,42)/t20-,25-,27+,28-,29+,31+/m1/s1. The van der Waals surface area contributed by atoms with Crippen molar-refractivity contribution in [3.05, 3.63) is 78.0 Å². The average molecular weight is 616 g/mol. The molecule has 8 nitrogen and oxygen atoms in total. The number of nitrogens with one attached hydrogen (secondary N) is 1. The van der Waals surface area contributed by atoms with E-state index in [0.29, 0.717) is 24.3 Å². The Morgan fingerprint density at radius 1 is 1.07 bits per heavy atom. The van der Waals surface area contributed by atoms with Crippen LogP contribution >= 0.6 is 0 Å². The quantitative estimate of drug-likeness (QED) is 0.231. The van der Waals surface area contributed by atoms with Crippen molar-refractivity contribution in [2.75, 3.05) is 7.11 Å². The van der Waals surface area contributed by atoms with Gasteiger partial charge in [-0.3, -0.25) is 4.79 Å². The molecule has 0 spiro atoms. The summed E-state index contributed by atoms with van der Waals surface area (Å²) in [6.07, 6.45) is -2.28. The number of ether oxygens (including phenoxy) is 2. The molecule has 238 valence electrons. The number of amides is 1. The highest BCUT2D eigenvalue weighted by Gasteiger charge is 2.34. The number of benzene rings is 2. The van der Waals surface area contributed by atoms with E-state index in [1.54, 1.807) is 25.4 Å². The number of rotatable bonds is 12. The molecule has 5 N–H and O–H groups in total. The molecule has 11 heteroatoms. The van der Waals surface area contributed by atoms with Gasteiger partial charge in [-0.15, -0.1) is 13.2 Å². The lowest BCUT2D eigenvalue weighted by Crippen LogP contribution is -2.52. The van der Waals surface area contributed by atoms with Crippen molar-refractivity contribution in [1.82, 2.24) is 10.3 Å². The molecule has 1 saturated carbocycles. The molecule has 3 aromatic rings. The van der Waals surface area contributed by atoms with Crippen LogP contribution in [0.4, 0.5) is 13.2 Å². The maximum Gasteiger partial charge on any atom is 0.573 e. The van der Waals surface area contributed by atoms with Crippen molar-refractivity contribution in [3.63, 3.8) is 0 Å². The number of hydrogen-bond acceptors (Lipinski definition) is 7. The number of carbonyl (C=O) groups excluding carboxylic acids is 1. The zero-order chi connectivity index (χ0) is 31.9. The average Bonchev–Trinajstić information content (AvgIpc) is 2.98. The van der Waals surface area contributed by atoms with Gasteiger partial charge in [0.05, 0.1) is 25.4 Å². The molecule has 6 atom stereocenters. The van der Waals surface area contributed by atoms with E-state index in [-0.39, 0.29) is 18.8 Å². The van der Waals surface area contributed by atoms with Crippen LogP contribution in [-0.2, 0) is 17.6 Å². The number of aromatic nitrogens is 1. The summed E-state index contributed by atoms with van der Waals surface area (Å²) in [5, 5.41) is 24.6. The molecule has 0 saturated heterocycles. The topological polar surface area (TPSA) is 127 Å². The molecule has 4 rings (SSSR count). The van der Waals surface area contributed by atoms with Gasteiger partial charge in [-0.2, -0.15) is 0 Å². The Bertz CT molecular complexity index is 1340. The molecule has 0 aliphatic heterocycles. The first-order valence-electron chi connectivity index (χ1n) is 14.8. The van der Waals surface area contributed by atoms with Gasteiger partial charge < -0.3 is 30.7 Å². The number of nitrogens with two attached hydrogens (primary N) is 1. The molecule has 1 amide bonds. The van der Waals surface area contributed by atoms with E-state index >= 15 is 0 Å². The van der Waals surface area contributed by atoms with Crippen LogP contribution in [0.2, 0.25) is 0 Å². The minimum atomic E-state index is -4.85. The number of aliphatic hydroxyl groups is 2. The van der Waals surface area contributed by atoms with Crippen molar-refractivity contribution < 1.29 is 37.7 Å². The summed E-state index contributed by atoms with van der Waals surface area (Å²) in [7, 11) is 1.55. The van der Waals surface area contributed by atoms with E-state index in [1.165, 1.54) is 18.2 Å². The third-order valence-corrected chi connectivity index (χ3v) is 8.21. The third-order valence-electron chi connectivity index (χ3n) is 8.21. The molecule has 2 aromatic carbocycles. The second kappa shape index (κ2) is 14.9. The fourth-order valence-electron chi connectivity index (χ4n) is 5.72. The lowest BCUT2D eigenvalue weighted by atomic mass is 9.82. The maximum absolute atomic E-state index is 13.6. The Kier molecular flexibility index (Phi) is 11.2. The Morgan fingerprint density at radius 2 is 1.80 bits per heavy atom. The van der Waals surface area contributed by atoms with Crippen LogP contribution < -0.4 is 20.5 Å². The fourth-order valence-corrected chi connectivity index (χ4v) is 5.72. The van der Waals surface area contributed by atoms with Crippen molar-refractivity contribution >= 4 is 5.91 Å². The Morgan fingerprint density at radius 3 is 2.43 bits per heavy atom. The van der Waals surface area contributed by atoms with Crippen LogP contribution in [0.3, 0.4) is 0 Å². The zero-order valence-electron chi connectivity index (χ0n) is 24.8. The summed E-state index contributed by atoms with van der Waals surface area (Å²) in [4.78, 5) is 17.8. The van der Waals surface area contributed by atoms with Crippen LogP contribution in [0.5, 0.6) is 11.6 Å². The van der Waals surface area contributed by atoms with Crippen LogP contribution in [0.15, 0.2) is 66.9 Å². The number of methoxy groups -OCH3 is 1. The van der Waals surface area contributed by atoms with E-state index in [4.69, 9.17) is 10.5 Å². The van der Waals surface area contributed by atoms with Gasteiger partial charge in [0, 0.05) is 29.8 Å². The van der Waals surface area contributed by atoms with Crippen molar-refractivity contribution in [1.29, 1.82) is 0 Å².